The van der Waals surface area contributed by atoms with E-state index in [9.17, 15) is 43.5 Å². The number of methoxy groups -OCH3 is 1. The van der Waals surface area contributed by atoms with Gasteiger partial charge in [0.25, 0.3) is 0 Å². The summed E-state index contributed by atoms with van der Waals surface area (Å²) in [5.41, 5.74) is 0.631. The van der Waals surface area contributed by atoms with Crippen molar-refractivity contribution in [2.45, 2.75) is 169 Å². The average molecular weight is 943 g/mol. The number of aliphatic hydroxyl groups excluding tert-OH is 1. The Morgan fingerprint density at radius 3 is 2.10 bits per heavy atom. The van der Waals surface area contributed by atoms with Crippen LogP contribution in [0, 0.1) is 29.6 Å². The van der Waals surface area contributed by atoms with E-state index < -0.39 is 126 Å². The van der Waals surface area contributed by atoms with E-state index in [4.69, 9.17) is 14.2 Å². The number of benzene rings is 1. The molecule has 0 bridgehead atoms. The molecule has 0 saturated carbocycles. The van der Waals surface area contributed by atoms with Gasteiger partial charge in [0.15, 0.2) is 11.9 Å². The fourth-order valence-electron chi connectivity index (χ4n) is 8.55. The number of aliphatic hydroxyl groups is 1. The van der Waals surface area contributed by atoms with Gasteiger partial charge in [0.1, 0.15) is 36.0 Å². The van der Waals surface area contributed by atoms with Crippen LogP contribution < -0.4 is 26.0 Å². The van der Waals surface area contributed by atoms with E-state index >= 15 is 0 Å². The molecule has 18 nitrogen and oxygen atoms in total. The van der Waals surface area contributed by atoms with Gasteiger partial charge in [0.05, 0.1) is 37.6 Å². The lowest BCUT2D eigenvalue weighted by molar-refractivity contribution is -0.163. The molecule has 2 saturated heterocycles. The molecule has 5 N–H and O–H groups in total. The summed E-state index contributed by atoms with van der Waals surface area (Å²) in [4.78, 5) is 116. The molecular weight excluding hydrogens is 865 g/mol. The molecule has 2 heterocycles. The predicted molar refractivity (Wildman–Crippen MR) is 250 cm³/mol. The number of rotatable bonds is 13. The number of carbonyl (C=O) groups excluding carboxylic acids is 8. The van der Waals surface area contributed by atoms with Crippen LogP contribution in [0.1, 0.15) is 113 Å². The van der Waals surface area contributed by atoms with Crippen LogP contribution in [0.15, 0.2) is 24.3 Å². The van der Waals surface area contributed by atoms with Crippen molar-refractivity contribution in [3.8, 4) is 5.75 Å². The molecule has 2 aliphatic heterocycles. The first-order valence-electron chi connectivity index (χ1n) is 23.9. The van der Waals surface area contributed by atoms with Crippen LogP contribution in [0.4, 0.5) is 0 Å². The zero-order valence-corrected chi connectivity index (χ0v) is 41.9. The van der Waals surface area contributed by atoms with E-state index in [0.717, 1.165) is 0 Å². The highest BCUT2D eigenvalue weighted by atomic mass is 16.6. The highest BCUT2D eigenvalue weighted by molar-refractivity contribution is 6.05. The Kier molecular flexibility index (Phi) is 21.7. The number of fused-ring (bicyclic) bond motifs is 1. The first kappa shape index (κ1) is 56.2. The number of Topliss-reactive ketones (excluding diaryl/α,β-unsaturated/α-hetero) is 1. The van der Waals surface area contributed by atoms with Gasteiger partial charge in [-0.25, -0.2) is 4.79 Å². The molecule has 3 rings (SSSR count). The number of carbonyl (C=O) groups is 8. The largest absolute Gasteiger partial charge is 0.497 e. The summed E-state index contributed by atoms with van der Waals surface area (Å²) in [6.45, 7) is 17.4. The molecule has 1 aromatic carbocycles. The van der Waals surface area contributed by atoms with E-state index in [1.54, 1.807) is 52.1 Å². The molecule has 2 unspecified atom stereocenters. The maximum Gasteiger partial charge on any atom is 0.329 e. The van der Waals surface area contributed by atoms with Gasteiger partial charge in [-0.2, -0.15) is 0 Å². The van der Waals surface area contributed by atoms with Gasteiger partial charge in [-0.15, -0.1) is 0 Å². The van der Waals surface area contributed by atoms with Crippen LogP contribution in [-0.2, 0) is 54.3 Å². The van der Waals surface area contributed by atoms with Crippen molar-refractivity contribution in [2.24, 2.45) is 29.6 Å². The smallest absolute Gasteiger partial charge is 0.329 e. The number of nitrogens with zero attached hydrogens (tertiary/aromatic N) is 2. The van der Waals surface area contributed by atoms with Crippen molar-refractivity contribution in [1.29, 1.82) is 0 Å². The van der Waals surface area contributed by atoms with Crippen LogP contribution in [0.2, 0.25) is 0 Å². The first-order valence-corrected chi connectivity index (χ1v) is 23.9. The lowest BCUT2D eigenvalue weighted by Gasteiger charge is -2.35. The van der Waals surface area contributed by atoms with Gasteiger partial charge in [-0.05, 0) is 87.9 Å². The summed E-state index contributed by atoms with van der Waals surface area (Å²) in [5, 5.41) is 22.9. The van der Waals surface area contributed by atoms with Crippen LogP contribution in [-0.4, -0.2) is 144 Å². The number of cyclic esters (lactones) is 2. The normalized spacial score (nSPS) is 27.8. The van der Waals surface area contributed by atoms with E-state index in [-0.39, 0.29) is 37.6 Å². The third kappa shape index (κ3) is 15.5. The van der Waals surface area contributed by atoms with Crippen LogP contribution >= 0.6 is 0 Å². The SMILES string of the molecule is CC[C@H](C)[C@H]1NC(=O)[C@@H](NC(=O)[C@@H](CC(C)C)NC)[C@@H](C)OC(=O)C(Cc2ccc(OC)cc2)N(C)C(=O)[C@@H]2CCCN2C(=O)[C@H](CC(C)C)NC(=O)[C@@H](C)C(=O)C(C(C)C)OC(=O)C[C@@H]1O. The summed E-state index contributed by atoms with van der Waals surface area (Å²) in [6.07, 6.45) is -3.30. The molecule has 2 aliphatic rings. The van der Waals surface area contributed by atoms with Gasteiger partial charge in [-0.3, -0.25) is 33.6 Å². The molecule has 1 aromatic rings. The highest BCUT2D eigenvalue weighted by Crippen LogP contribution is 2.26. The maximum atomic E-state index is 14.7. The van der Waals surface area contributed by atoms with E-state index in [0.29, 0.717) is 30.6 Å². The summed E-state index contributed by atoms with van der Waals surface area (Å²) in [5.74, 6) is -7.71. The summed E-state index contributed by atoms with van der Waals surface area (Å²) >= 11 is 0. The fourth-order valence-corrected chi connectivity index (χ4v) is 8.55. The minimum Gasteiger partial charge on any atom is -0.497 e. The molecule has 11 atom stereocenters. The van der Waals surface area contributed by atoms with E-state index in [1.807, 2.05) is 34.6 Å². The number of esters is 2. The number of ether oxygens (including phenoxy) is 3. The number of nitrogens with one attached hydrogen (secondary N) is 4. The molecule has 0 aromatic heterocycles. The quantitative estimate of drug-likeness (QED) is 0.142. The lowest BCUT2D eigenvalue weighted by Crippen LogP contribution is -2.61. The second-order valence-corrected chi connectivity index (χ2v) is 19.5. The number of hydrogen-bond donors (Lipinski definition) is 5. The Bertz CT molecular complexity index is 1870. The molecular formula is C49H78N6O12. The average Bonchev–Trinajstić information content (AvgIpc) is 3.77. The molecule has 376 valence electrons. The van der Waals surface area contributed by atoms with Gasteiger partial charge in [-0.1, -0.05) is 73.9 Å². The van der Waals surface area contributed by atoms with Gasteiger partial charge in [0.2, 0.25) is 29.5 Å². The highest BCUT2D eigenvalue weighted by Gasteiger charge is 2.44. The van der Waals surface area contributed by atoms with E-state index in [1.165, 1.54) is 37.8 Å². The van der Waals surface area contributed by atoms with Gasteiger partial charge >= 0.3 is 11.9 Å². The topological polar surface area (TPSA) is 239 Å². The van der Waals surface area contributed by atoms with Crippen molar-refractivity contribution in [3.05, 3.63) is 29.8 Å². The molecule has 0 radical (unpaired) electrons. The zero-order valence-electron chi connectivity index (χ0n) is 41.9. The number of ketones is 1. The molecule has 5 amide bonds. The number of hydrogen-bond acceptors (Lipinski definition) is 13. The van der Waals surface area contributed by atoms with E-state index in [2.05, 4.69) is 21.3 Å². The summed E-state index contributed by atoms with van der Waals surface area (Å²) < 4.78 is 17.1. The number of amides is 5. The minimum absolute atomic E-state index is 0.0500. The molecule has 0 aliphatic carbocycles. The lowest BCUT2D eigenvalue weighted by atomic mass is 9.91. The number of likely N-dealkylation sites (N-methyl/N-ethyl adjacent to an activating group) is 2. The first-order chi connectivity index (χ1) is 31.4. The second-order valence-electron chi connectivity index (χ2n) is 19.5. The van der Waals surface area contributed by atoms with Crippen molar-refractivity contribution in [2.75, 3.05) is 27.7 Å². The molecule has 18 heteroatoms. The predicted octanol–water partition coefficient (Wildman–Crippen LogP) is 2.71. The van der Waals surface area contributed by atoms with Gasteiger partial charge in [0, 0.05) is 20.0 Å². The Hall–Kier alpha value is -5.10. The van der Waals surface area contributed by atoms with Crippen LogP contribution in [0.5, 0.6) is 5.75 Å². The zero-order chi connectivity index (χ0) is 50.4. The summed E-state index contributed by atoms with van der Waals surface area (Å²) in [7, 11) is 4.56. The monoisotopic (exact) mass is 943 g/mol. The van der Waals surface area contributed by atoms with Crippen LogP contribution in [0.25, 0.3) is 0 Å². The summed E-state index contributed by atoms with van der Waals surface area (Å²) in [6, 6.07) is 0.0322. The van der Waals surface area contributed by atoms with Crippen LogP contribution in [0.3, 0.4) is 0 Å². The van der Waals surface area contributed by atoms with Crippen molar-refractivity contribution in [1.82, 2.24) is 31.1 Å². The fraction of sp³-hybridized carbons (Fsp3) is 0.714. The Labute approximate surface area is 396 Å². The maximum absolute atomic E-state index is 14.7. The third-order valence-electron chi connectivity index (χ3n) is 12.9. The second kappa shape index (κ2) is 25.9. The molecule has 2 fully saturated rings. The Balaban J connectivity index is 2.23. The molecule has 67 heavy (non-hydrogen) atoms. The van der Waals surface area contributed by atoms with Crippen molar-refractivity contribution >= 4 is 47.3 Å². The Morgan fingerprint density at radius 2 is 1.55 bits per heavy atom. The standard InChI is InChI=1S/C49H78N6O12/c1-14-29(8)40-38(56)25-39(57)67-43(28(6)7)42(58)30(9)44(59)51-35(23-27(4)5)47(62)55-21-15-16-36(55)48(63)54(12)37(24-32-17-19-33(65-13)20-18-32)49(64)66-31(10)41(46(61)52-40)53-45(60)34(50-11)22-26(2)3/h17-20,26-31,34-38,40-41,43,50,56H,14-16,21-25H2,1-13H3,(H,51,59)(H,52,61)(H,53,60)/t29-,30-,31+,34+,35-,36-,37?,38-,40+,41-,43?/m0/s1. The third-order valence-corrected chi connectivity index (χ3v) is 12.9. The van der Waals surface area contributed by atoms with Crippen molar-refractivity contribution in [3.63, 3.8) is 0 Å². The van der Waals surface area contributed by atoms with Gasteiger partial charge < -0.3 is 50.4 Å². The Morgan fingerprint density at radius 1 is 0.910 bits per heavy atom. The minimum atomic E-state index is -1.55. The van der Waals surface area contributed by atoms with Crippen molar-refractivity contribution < 1.29 is 57.7 Å². The molecule has 0 spiro atoms.